The molecule has 2 aromatic carbocycles. The molecule has 0 aliphatic carbocycles. The fourth-order valence-corrected chi connectivity index (χ4v) is 6.00. The molecule has 3 aromatic rings. The summed E-state index contributed by atoms with van der Waals surface area (Å²) < 4.78 is 20.5. The minimum Gasteiger partial charge on any atom is -0.451 e. The number of rotatable bonds is 8. The van der Waals surface area contributed by atoms with Crippen LogP contribution in [0.3, 0.4) is 0 Å². The Morgan fingerprint density at radius 1 is 1.07 bits per heavy atom. The Labute approximate surface area is 245 Å². The number of benzene rings is 2. The smallest absolute Gasteiger partial charge is 0.258 e. The number of amides is 2. The number of anilines is 1. The van der Waals surface area contributed by atoms with Crippen LogP contribution >= 0.6 is 0 Å². The third kappa shape index (κ3) is 5.91. The summed E-state index contributed by atoms with van der Waals surface area (Å²) in [5, 5.41) is 9.00. The van der Waals surface area contributed by atoms with E-state index in [9.17, 15) is 14.0 Å². The highest BCUT2D eigenvalue weighted by Gasteiger charge is 2.49. The molecular formula is C32H35FN6O3. The molecule has 3 heterocycles. The Morgan fingerprint density at radius 2 is 1.79 bits per heavy atom. The number of carbonyl (C=O) groups excluding carboxylic acids is 2. The van der Waals surface area contributed by atoms with Gasteiger partial charge in [0.25, 0.3) is 5.91 Å². The largest absolute Gasteiger partial charge is 0.451 e. The zero-order valence-electron chi connectivity index (χ0n) is 24.4. The van der Waals surface area contributed by atoms with Crippen molar-refractivity contribution in [3.05, 3.63) is 77.5 Å². The van der Waals surface area contributed by atoms with Crippen LogP contribution in [0.4, 0.5) is 10.2 Å². The molecule has 2 aliphatic rings. The average Bonchev–Trinajstić information content (AvgIpc) is 3.40. The monoisotopic (exact) mass is 570 g/mol. The van der Waals surface area contributed by atoms with Crippen LogP contribution in [-0.4, -0.2) is 69.8 Å². The number of ether oxygens (including phenoxy) is 1. The standard InChI is InChI=1S/C32H35FN6O3/c1-21(2)39(22(3)4)31(41)26-14-25(33)9-10-27(26)42-28-16-35-20-36-30(28)38-18-32(19-38)11-12-37(17-32)29(40)13-23-5-7-24(15-34)8-6-23/h5-10,14,16,20-22H,11-13,17-19H2,1-4H3. The minimum atomic E-state index is -0.521. The van der Waals surface area contributed by atoms with Crippen molar-refractivity contribution in [1.82, 2.24) is 19.8 Å². The van der Waals surface area contributed by atoms with E-state index in [-0.39, 0.29) is 40.6 Å². The molecule has 0 radical (unpaired) electrons. The fraction of sp³-hybridized carbons (Fsp3) is 0.406. The second-order valence-corrected chi connectivity index (χ2v) is 11.8. The van der Waals surface area contributed by atoms with Crippen LogP contribution in [0.5, 0.6) is 11.5 Å². The van der Waals surface area contributed by atoms with E-state index >= 15 is 0 Å². The highest BCUT2D eigenvalue weighted by atomic mass is 19.1. The molecule has 42 heavy (non-hydrogen) atoms. The summed E-state index contributed by atoms with van der Waals surface area (Å²) in [5.41, 5.74) is 1.57. The quantitative estimate of drug-likeness (QED) is 0.383. The maximum Gasteiger partial charge on any atom is 0.258 e. The lowest BCUT2D eigenvalue weighted by Crippen LogP contribution is -2.58. The van der Waals surface area contributed by atoms with Crippen LogP contribution in [-0.2, 0) is 11.2 Å². The lowest BCUT2D eigenvalue weighted by atomic mass is 9.79. The van der Waals surface area contributed by atoms with Crippen LogP contribution < -0.4 is 9.64 Å². The summed E-state index contributed by atoms with van der Waals surface area (Å²) in [5.74, 6) is 0.441. The summed E-state index contributed by atoms with van der Waals surface area (Å²) in [6.45, 7) is 10.4. The predicted molar refractivity (Wildman–Crippen MR) is 156 cm³/mol. The molecule has 0 atom stereocenters. The van der Waals surface area contributed by atoms with Crippen LogP contribution in [0, 0.1) is 22.6 Å². The lowest BCUT2D eigenvalue weighted by molar-refractivity contribution is -0.129. The number of nitriles is 1. The summed E-state index contributed by atoms with van der Waals surface area (Å²) in [4.78, 5) is 40.8. The molecule has 218 valence electrons. The SMILES string of the molecule is CC(C)N(C(=O)c1cc(F)ccc1Oc1cncnc1N1CC2(CCN(C(=O)Cc3ccc(C#N)cc3)C2)C1)C(C)C. The molecule has 1 aromatic heterocycles. The van der Waals surface area contributed by atoms with Crippen LogP contribution in [0.25, 0.3) is 0 Å². The summed E-state index contributed by atoms with van der Waals surface area (Å²) in [6.07, 6.45) is 4.20. The number of carbonyl (C=O) groups is 2. The van der Waals surface area contributed by atoms with E-state index in [1.54, 1.807) is 23.2 Å². The van der Waals surface area contributed by atoms with Crippen molar-refractivity contribution in [2.24, 2.45) is 5.41 Å². The third-order valence-electron chi connectivity index (χ3n) is 7.98. The van der Waals surface area contributed by atoms with Gasteiger partial charge in [-0.3, -0.25) is 9.59 Å². The zero-order valence-corrected chi connectivity index (χ0v) is 24.4. The van der Waals surface area contributed by atoms with Gasteiger partial charge in [0, 0.05) is 43.7 Å². The summed E-state index contributed by atoms with van der Waals surface area (Å²) in [7, 11) is 0. The van der Waals surface area contributed by atoms with E-state index in [4.69, 9.17) is 10.00 Å². The molecule has 5 rings (SSSR count). The van der Waals surface area contributed by atoms with E-state index in [0.717, 1.165) is 12.0 Å². The molecule has 10 heteroatoms. The topological polar surface area (TPSA) is 103 Å². The number of aromatic nitrogens is 2. The molecule has 9 nitrogen and oxygen atoms in total. The highest BCUT2D eigenvalue weighted by molar-refractivity contribution is 5.97. The summed E-state index contributed by atoms with van der Waals surface area (Å²) in [6, 6.07) is 13.0. The first-order chi connectivity index (χ1) is 20.1. The Hall–Kier alpha value is -4.52. The Bertz CT molecular complexity index is 1500. The van der Waals surface area contributed by atoms with E-state index in [0.29, 0.717) is 49.7 Å². The number of hydrogen-bond acceptors (Lipinski definition) is 7. The maximum absolute atomic E-state index is 14.3. The zero-order chi connectivity index (χ0) is 30.0. The average molecular weight is 571 g/mol. The van der Waals surface area contributed by atoms with Crippen molar-refractivity contribution in [2.45, 2.75) is 52.6 Å². The van der Waals surface area contributed by atoms with Gasteiger partial charge in [0.05, 0.1) is 29.8 Å². The van der Waals surface area contributed by atoms with Gasteiger partial charge >= 0.3 is 0 Å². The Balaban J connectivity index is 1.27. The third-order valence-corrected chi connectivity index (χ3v) is 7.98. The Kier molecular flexibility index (Phi) is 8.12. The lowest BCUT2D eigenvalue weighted by Gasteiger charge is -2.48. The molecule has 2 aliphatic heterocycles. The van der Waals surface area contributed by atoms with E-state index in [1.165, 1.54) is 24.5 Å². The second-order valence-electron chi connectivity index (χ2n) is 11.8. The van der Waals surface area contributed by atoms with Gasteiger partial charge in [-0.05, 0) is 70.0 Å². The first-order valence-electron chi connectivity index (χ1n) is 14.2. The van der Waals surface area contributed by atoms with Gasteiger partial charge in [0.1, 0.15) is 17.9 Å². The van der Waals surface area contributed by atoms with Gasteiger partial charge in [0.15, 0.2) is 11.6 Å². The van der Waals surface area contributed by atoms with Crippen molar-refractivity contribution in [3.8, 4) is 17.6 Å². The van der Waals surface area contributed by atoms with Gasteiger partial charge in [-0.1, -0.05) is 12.1 Å². The van der Waals surface area contributed by atoms with Crippen LogP contribution in [0.15, 0.2) is 55.0 Å². The number of halogens is 1. The second kappa shape index (κ2) is 11.8. The molecule has 1 spiro atoms. The first kappa shape index (κ1) is 29.0. The number of likely N-dealkylation sites (tertiary alicyclic amines) is 1. The van der Waals surface area contributed by atoms with E-state index in [1.807, 2.05) is 44.7 Å². The van der Waals surface area contributed by atoms with Crippen molar-refractivity contribution in [3.63, 3.8) is 0 Å². The van der Waals surface area contributed by atoms with Crippen LogP contribution in [0.2, 0.25) is 0 Å². The molecule has 0 saturated carbocycles. The fourth-order valence-electron chi connectivity index (χ4n) is 6.00. The maximum atomic E-state index is 14.3. The normalized spacial score (nSPS) is 15.6. The van der Waals surface area contributed by atoms with Gasteiger partial charge in [0.2, 0.25) is 5.91 Å². The minimum absolute atomic E-state index is 0.0332. The van der Waals surface area contributed by atoms with Gasteiger partial charge < -0.3 is 19.4 Å². The van der Waals surface area contributed by atoms with Crippen molar-refractivity contribution < 1.29 is 18.7 Å². The first-order valence-corrected chi connectivity index (χ1v) is 14.2. The molecule has 0 unspecified atom stereocenters. The Morgan fingerprint density at radius 3 is 2.45 bits per heavy atom. The van der Waals surface area contributed by atoms with E-state index in [2.05, 4.69) is 20.9 Å². The van der Waals surface area contributed by atoms with Crippen molar-refractivity contribution in [1.29, 1.82) is 5.26 Å². The van der Waals surface area contributed by atoms with Crippen molar-refractivity contribution >= 4 is 17.6 Å². The van der Waals surface area contributed by atoms with Gasteiger partial charge in [-0.25, -0.2) is 14.4 Å². The van der Waals surface area contributed by atoms with Gasteiger partial charge in [-0.2, -0.15) is 5.26 Å². The number of nitrogens with zero attached hydrogens (tertiary/aromatic N) is 6. The van der Waals surface area contributed by atoms with E-state index < -0.39 is 5.82 Å². The molecular weight excluding hydrogens is 535 g/mol. The molecule has 2 fully saturated rings. The molecule has 0 bridgehead atoms. The van der Waals surface area contributed by atoms with Gasteiger partial charge in [-0.15, -0.1) is 0 Å². The molecule has 2 amide bonds. The highest BCUT2D eigenvalue weighted by Crippen LogP contribution is 2.44. The van der Waals surface area contributed by atoms with Crippen molar-refractivity contribution in [2.75, 3.05) is 31.1 Å². The molecule has 2 saturated heterocycles. The summed E-state index contributed by atoms with van der Waals surface area (Å²) >= 11 is 0. The predicted octanol–water partition coefficient (Wildman–Crippen LogP) is 4.82. The van der Waals surface area contributed by atoms with Crippen LogP contribution in [0.1, 0.15) is 55.6 Å². The molecule has 0 N–H and O–H groups in total. The number of hydrogen-bond donors (Lipinski definition) is 0.